The minimum absolute atomic E-state index is 0.0921. The van der Waals surface area contributed by atoms with Gasteiger partial charge in [0.2, 0.25) is 5.91 Å². The lowest BCUT2D eigenvalue weighted by Gasteiger charge is -2.37. The molecule has 10 heteroatoms. The van der Waals surface area contributed by atoms with Crippen molar-refractivity contribution in [3.05, 3.63) is 65.2 Å². The molecule has 37 heavy (non-hydrogen) atoms. The van der Waals surface area contributed by atoms with E-state index in [-0.39, 0.29) is 35.9 Å². The van der Waals surface area contributed by atoms with Gasteiger partial charge in [0.15, 0.2) is 0 Å². The summed E-state index contributed by atoms with van der Waals surface area (Å²) < 4.78 is 52.0. The van der Waals surface area contributed by atoms with E-state index in [9.17, 15) is 27.2 Å². The number of hydrogen-bond acceptors (Lipinski definition) is 4. The first-order valence-electron chi connectivity index (χ1n) is 12.8. The smallest absolute Gasteiger partial charge is 0.343 e. The fraction of sp³-hybridized carbons (Fsp3) is 0.519. The summed E-state index contributed by atoms with van der Waals surface area (Å²) in [5.41, 5.74) is -0.0766. The Hall–Kier alpha value is -3.01. The third-order valence-corrected chi connectivity index (χ3v) is 8.13. The predicted molar refractivity (Wildman–Crippen MR) is 128 cm³/mol. The average Bonchev–Trinajstić information content (AvgIpc) is 3.50. The zero-order valence-corrected chi connectivity index (χ0v) is 20.4. The highest BCUT2D eigenvalue weighted by molar-refractivity contribution is 5.96. The van der Waals surface area contributed by atoms with Gasteiger partial charge in [-0.05, 0) is 68.9 Å². The van der Waals surface area contributed by atoms with Crippen molar-refractivity contribution in [2.24, 2.45) is 0 Å². The second kappa shape index (κ2) is 10.4. The van der Waals surface area contributed by atoms with Gasteiger partial charge in [0.1, 0.15) is 5.82 Å². The second-order valence-corrected chi connectivity index (χ2v) is 10.2. The summed E-state index contributed by atoms with van der Waals surface area (Å²) in [6.07, 6.45) is 2.56. The maximum atomic E-state index is 13.2. The molecule has 3 fully saturated rings. The number of pyridine rings is 1. The average molecular weight is 519 g/mol. The van der Waals surface area contributed by atoms with Crippen molar-refractivity contribution in [1.29, 1.82) is 0 Å². The fourth-order valence-corrected chi connectivity index (χ4v) is 6.31. The molecule has 2 saturated heterocycles. The van der Waals surface area contributed by atoms with Crippen LogP contribution < -0.4 is 5.32 Å². The number of fused-ring (bicyclic) bond motifs is 1. The highest BCUT2D eigenvalue weighted by atomic mass is 19.4. The number of likely N-dealkylation sites (tertiary alicyclic amines) is 2. The molecule has 3 heterocycles. The van der Waals surface area contributed by atoms with E-state index in [2.05, 4.69) is 15.2 Å². The van der Waals surface area contributed by atoms with Gasteiger partial charge >= 0.3 is 6.18 Å². The van der Waals surface area contributed by atoms with Crippen molar-refractivity contribution in [2.45, 2.75) is 68.7 Å². The number of carbonyl (C=O) groups is 2. The Morgan fingerprint density at radius 1 is 0.973 bits per heavy atom. The summed E-state index contributed by atoms with van der Waals surface area (Å²) in [4.78, 5) is 33.9. The molecule has 2 atom stereocenters. The molecule has 3 aliphatic rings. The standard InChI is InChI=1S/C27H30F4N4O2/c28-20-6-9-22(32-15-20)17-4-7-21(8-5-17)34-12-10-24-23(34)11-13-35(24)25(36)16-33-26(37)18-2-1-3-19(14-18)27(29,30)31/h1-3,6,9,14-15,17,21,23-24H,4-5,7-8,10-13,16H2,(H,33,37). The van der Waals surface area contributed by atoms with E-state index in [1.54, 1.807) is 6.07 Å². The molecule has 2 amide bonds. The lowest BCUT2D eigenvalue weighted by Crippen LogP contribution is -2.46. The van der Waals surface area contributed by atoms with Crippen molar-refractivity contribution in [3.63, 3.8) is 0 Å². The molecule has 0 radical (unpaired) electrons. The molecule has 1 saturated carbocycles. The number of halogens is 4. The SMILES string of the molecule is O=C(NCC(=O)N1CCC2C1CCN2C1CCC(c2ccc(F)cn2)CC1)c1cccc(C(F)(F)F)c1. The predicted octanol–water partition coefficient (Wildman–Crippen LogP) is 4.37. The summed E-state index contributed by atoms with van der Waals surface area (Å²) in [5.74, 6) is -0.884. The molecule has 0 bridgehead atoms. The van der Waals surface area contributed by atoms with Crippen LogP contribution in [-0.2, 0) is 11.0 Å². The summed E-state index contributed by atoms with van der Waals surface area (Å²) in [6, 6.07) is 8.25. The topological polar surface area (TPSA) is 65.5 Å². The van der Waals surface area contributed by atoms with Crippen LogP contribution in [0.3, 0.4) is 0 Å². The van der Waals surface area contributed by atoms with Crippen LogP contribution in [0.5, 0.6) is 0 Å². The molecule has 0 spiro atoms. The van der Waals surface area contributed by atoms with E-state index in [1.165, 1.54) is 24.4 Å². The van der Waals surface area contributed by atoms with Gasteiger partial charge in [0, 0.05) is 48.4 Å². The van der Waals surface area contributed by atoms with Crippen LogP contribution in [0.2, 0.25) is 0 Å². The lowest BCUT2D eigenvalue weighted by atomic mass is 9.83. The molecule has 1 N–H and O–H groups in total. The van der Waals surface area contributed by atoms with Gasteiger partial charge in [0.05, 0.1) is 18.3 Å². The monoisotopic (exact) mass is 518 g/mol. The van der Waals surface area contributed by atoms with Gasteiger partial charge in [-0.25, -0.2) is 4.39 Å². The van der Waals surface area contributed by atoms with E-state index >= 15 is 0 Å². The van der Waals surface area contributed by atoms with Gasteiger partial charge in [-0.15, -0.1) is 0 Å². The Kier molecular flexibility index (Phi) is 7.20. The minimum atomic E-state index is -4.54. The van der Waals surface area contributed by atoms with Crippen LogP contribution in [-0.4, -0.2) is 64.4 Å². The summed E-state index contributed by atoms with van der Waals surface area (Å²) in [5, 5.41) is 2.49. The van der Waals surface area contributed by atoms with Gasteiger partial charge in [0.25, 0.3) is 5.91 Å². The first kappa shape index (κ1) is 25.6. The van der Waals surface area contributed by atoms with Gasteiger partial charge < -0.3 is 10.2 Å². The van der Waals surface area contributed by atoms with E-state index in [1.807, 2.05) is 4.90 Å². The first-order chi connectivity index (χ1) is 17.7. The summed E-state index contributed by atoms with van der Waals surface area (Å²) >= 11 is 0. The molecule has 2 aliphatic heterocycles. The number of hydrogen-bond donors (Lipinski definition) is 1. The lowest BCUT2D eigenvalue weighted by molar-refractivity contribution is -0.137. The normalized spacial score (nSPS) is 26.2. The van der Waals surface area contributed by atoms with Gasteiger partial charge in [-0.3, -0.25) is 19.5 Å². The molecule has 1 aromatic carbocycles. The third kappa shape index (κ3) is 5.49. The molecule has 5 rings (SSSR count). The first-order valence-corrected chi connectivity index (χ1v) is 12.8. The van der Waals surface area contributed by atoms with E-state index < -0.39 is 17.6 Å². The number of alkyl halides is 3. The zero-order chi connectivity index (χ0) is 26.2. The number of aromatic nitrogens is 1. The minimum Gasteiger partial charge on any atom is -0.343 e. The zero-order valence-electron chi connectivity index (χ0n) is 20.4. The van der Waals surface area contributed by atoms with E-state index in [0.717, 1.165) is 62.9 Å². The number of benzene rings is 1. The number of carbonyl (C=O) groups excluding carboxylic acids is 2. The Bertz CT molecular complexity index is 1130. The molecular weight excluding hydrogens is 488 g/mol. The molecule has 6 nitrogen and oxygen atoms in total. The van der Waals surface area contributed by atoms with E-state index in [4.69, 9.17) is 0 Å². The van der Waals surface area contributed by atoms with Crippen LogP contribution in [0.4, 0.5) is 17.6 Å². The number of nitrogens with one attached hydrogen (secondary N) is 1. The van der Waals surface area contributed by atoms with Crippen molar-refractivity contribution in [3.8, 4) is 0 Å². The summed E-state index contributed by atoms with van der Waals surface area (Å²) in [6.45, 7) is 1.28. The number of amides is 2. The molecule has 1 aliphatic carbocycles. The number of nitrogens with zero attached hydrogens (tertiary/aromatic N) is 3. The maximum absolute atomic E-state index is 13.2. The molecule has 198 valence electrons. The maximum Gasteiger partial charge on any atom is 0.416 e. The summed E-state index contributed by atoms with van der Waals surface area (Å²) in [7, 11) is 0. The molecule has 2 aromatic rings. The molecule has 1 aromatic heterocycles. The van der Waals surface area contributed by atoms with Crippen molar-refractivity contribution in [2.75, 3.05) is 19.6 Å². The quantitative estimate of drug-likeness (QED) is 0.597. The van der Waals surface area contributed by atoms with Gasteiger partial charge in [-0.1, -0.05) is 6.07 Å². The van der Waals surface area contributed by atoms with E-state index in [0.29, 0.717) is 18.5 Å². The van der Waals surface area contributed by atoms with Crippen LogP contribution >= 0.6 is 0 Å². The van der Waals surface area contributed by atoms with Crippen LogP contribution in [0.1, 0.15) is 66.1 Å². The van der Waals surface area contributed by atoms with Crippen molar-refractivity contribution >= 4 is 11.8 Å². The van der Waals surface area contributed by atoms with Gasteiger partial charge in [-0.2, -0.15) is 13.2 Å². The Balaban J connectivity index is 1.12. The van der Waals surface area contributed by atoms with Crippen LogP contribution in [0.25, 0.3) is 0 Å². The van der Waals surface area contributed by atoms with Crippen molar-refractivity contribution < 1.29 is 27.2 Å². The Morgan fingerprint density at radius 3 is 2.43 bits per heavy atom. The second-order valence-electron chi connectivity index (χ2n) is 10.2. The third-order valence-electron chi connectivity index (χ3n) is 8.13. The highest BCUT2D eigenvalue weighted by Crippen LogP contribution is 2.40. The number of rotatable bonds is 5. The Morgan fingerprint density at radius 2 is 1.73 bits per heavy atom. The van der Waals surface area contributed by atoms with Crippen LogP contribution in [0.15, 0.2) is 42.6 Å². The van der Waals surface area contributed by atoms with Crippen molar-refractivity contribution in [1.82, 2.24) is 20.1 Å². The highest BCUT2D eigenvalue weighted by Gasteiger charge is 2.46. The molecular formula is C27H30F4N4O2. The fourth-order valence-electron chi connectivity index (χ4n) is 6.31. The van der Waals surface area contributed by atoms with Crippen LogP contribution in [0, 0.1) is 5.82 Å². The largest absolute Gasteiger partial charge is 0.416 e. The molecule has 2 unspecified atom stereocenters. The Labute approximate surface area is 213 Å².